The first-order chi connectivity index (χ1) is 19.1. The highest BCUT2D eigenvalue weighted by Crippen LogP contribution is 2.43. The zero-order valence-electron chi connectivity index (χ0n) is 24.4. The van der Waals surface area contributed by atoms with Crippen molar-refractivity contribution < 1.29 is 47.5 Å². The van der Waals surface area contributed by atoms with E-state index in [1.54, 1.807) is 0 Å². The SMILES string of the molecule is CCCCCCC/C=C\CCCCCCCC(=O)OC(COC(=O)CCCC)COP(=O)(O)OCC(N)C(=O)O. The van der Waals surface area contributed by atoms with Gasteiger partial charge in [0.15, 0.2) is 6.10 Å². The van der Waals surface area contributed by atoms with Gasteiger partial charge >= 0.3 is 25.7 Å². The molecule has 0 rings (SSSR count). The Morgan fingerprint density at radius 2 is 1.27 bits per heavy atom. The molecule has 0 amide bonds. The average molecular weight is 594 g/mol. The van der Waals surface area contributed by atoms with Gasteiger partial charge in [-0.05, 0) is 38.5 Å². The van der Waals surface area contributed by atoms with E-state index in [1.165, 1.54) is 32.1 Å². The summed E-state index contributed by atoms with van der Waals surface area (Å²) in [7, 11) is -4.68. The van der Waals surface area contributed by atoms with Gasteiger partial charge in [-0.1, -0.05) is 77.4 Å². The third kappa shape index (κ3) is 24.1. The lowest BCUT2D eigenvalue weighted by molar-refractivity contribution is -0.161. The number of ether oxygens (including phenoxy) is 2. The molecule has 0 heterocycles. The van der Waals surface area contributed by atoms with Crippen LogP contribution in [-0.4, -0.2) is 59.9 Å². The molecule has 0 aliphatic rings. The minimum atomic E-state index is -4.68. The number of esters is 2. The zero-order chi connectivity index (χ0) is 30.1. The largest absolute Gasteiger partial charge is 0.480 e. The molecule has 0 saturated carbocycles. The molecule has 40 heavy (non-hydrogen) atoms. The maximum Gasteiger partial charge on any atom is 0.472 e. The second-order valence-electron chi connectivity index (χ2n) is 9.88. The van der Waals surface area contributed by atoms with E-state index in [0.717, 1.165) is 44.9 Å². The Kier molecular flexibility index (Phi) is 23.9. The number of allylic oxidation sites excluding steroid dienone is 2. The number of hydrogen-bond donors (Lipinski definition) is 3. The molecule has 11 nitrogen and oxygen atoms in total. The van der Waals surface area contributed by atoms with Gasteiger partial charge in [0, 0.05) is 12.8 Å². The first kappa shape index (κ1) is 38.2. The van der Waals surface area contributed by atoms with Crippen molar-refractivity contribution in [2.75, 3.05) is 19.8 Å². The summed E-state index contributed by atoms with van der Waals surface area (Å²) in [5.74, 6) is -2.44. The molecule has 0 aromatic heterocycles. The smallest absolute Gasteiger partial charge is 0.472 e. The summed E-state index contributed by atoms with van der Waals surface area (Å²) in [6, 6.07) is -1.52. The maximum atomic E-state index is 12.3. The number of carbonyl (C=O) groups excluding carboxylic acids is 2. The van der Waals surface area contributed by atoms with Gasteiger partial charge in [0.25, 0.3) is 0 Å². The van der Waals surface area contributed by atoms with Crippen molar-refractivity contribution in [3.05, 3.63) is 12.2 Å². The molecule has 0 aromatic carbocycles. The quantitative estimate of drug-likeness (QED) is 0.0453. The Morgan fingerprint density at radius 1 is 0.750 bits per heavy atom. The summed E-state index contributed by atoms with van der Waals surface area (Å²) in [6.07, 6.45) is 18.6. The zero-order valence-corrected chi connectivity index (χ0v) is 25.3. The molecule has 0 aromatic rings. The normalized spacial score (nSPS) is 14.5. The summed E-state index contributed by atoms with van der Waals surface area (Å²) in [5, 5.41) is 8.75. The summed E-state index contributed by atoms with van der Waals surface area (Å²) >= 11 is 0. The molecule has 0 fully saturated rings. The van der Waals surface area contributed by atoms with Crippen LogP contribution < -0.4 is 5.73 Å². The van der Waals surface area contributed by atoms with Crippen LogP contribution in [-0.2, 0) is 37.5 Å². The lowest BCUT2D eigenvalue weighted by Gasteiger charge is -2.20. The van der Waals surface area contributed by atoms with Crippen molar-refractivity contribution in [2.24, 2.45) is 5.73 Å². The van der Waals surface area contributed by atoms with Gasteiger partial charge in [0.1, 0.15) is 12.6 Å². The first-order valence-corrected chi connectivity index (χ1v) is 16.2. The Balaban J connectivity index is 4.34. The van der Waals surface area contributed by atoms with E-state index in [9.17, 15) is 23.8 Å². The van der Waals surface area contributed by atoms with Crippen LogP contribution in [0.5, 0.6) is 0 Å². The number of unbranched alkanes of at least 4 members (excludes halogenated alkanes) is 11. The molecule has 0 aliphatic carbocycles. The van der Waals surface area contributed by atoms with E-state index in [0.29, 0.717) is 12.8 Å². The van der Waals surface area contributed by atoms with Gasteiger partial charge in [-0.2, -0.15) is 0 Å². The van der Waals surface area contributed by atoms with Gasteiger partial charge in [-0.15, -0.1) is 0 Å². The summed E-state index contributed by atoms with van der Waals surface area (Å²) < 4.78 is 31.9. The van der Waals surface area contributed by atoms with Crippen LogP contribution in [0, 0.1) is 0 Å². The Labute approximate surface area is 239 Å². The number of carbonyl (C=O) groups is 3. The van der Waals surface area contributed by atoms with Gasteiger partial charge in [0.2, 0.25) is 0 Å². The van der Waals surface area contributed by atoms with E-state index in [1.807, 2.05) is 6.92 Å². The van der Waals surface area contributed by atoms with Crippen LogP contribution in [0.15, 0.2) is 12.2 Å². The fourth-order valence-electron chi connectivity index (χ4n) is 3.56. The molecular weight excluding hydrogens is 541 g/mol. The fourth-order valence-corrected chi connectivity index (χ4v) is 4.34. The number of carboxylic acid groups (broad SMARTS) is 1. The Morgan fingerprint density at radius 3 is 1.88 bits per heavy atom. The Bertz CT molecular complexity index is 761. The maximum absolute atomic E-state index is 12.3. The predicted molar refractivity (Wildman–Crippen MR) is 153 cm³/mol. The van der Waals surface area contributed by atoms with Gasteiger partial charge < -0.3 is 25.2 Å². The molecule has 0 saturated heterocycles. The van der Waals surface area contributed by atoms with Crippen molar-refractivity contribution in [2.45, 2.75) is 129 Å². The van der Waals surface area contributed by atoms with E-state index < -0.39 is 51.1 Å². The van der Waals surface area contributed by atoms with Crippen LogP contribution >= 0.6 is 7.82 Å². The topological polar surface area (TPSA) is 172 Å². The molecule has 12 heteroatoms. The monoisotopic (exact) mass is 593 g/mol. The van der Waals surface area contributed by atoms with Gasteiger partial charge in [-0.3, -0.25) is 23.4 Å². The van der Waals surface area contributed by atoms with Gasteiger partial charge in [0.05, 0.1) is 13.2 Å². The predicted octanol–water partition coefficient (Wildman–Crippen LogP) is 5.82. The van der Waals surface area contributed by atoms with Crippen LogP contribution in [0.3, 0.4) is 0 Å². The minimum Gasteiger partial charge on any atom is -0.480 e. The van der Waals surface area contributed by atoms with Gasteiger partial charge in [-0.25, -0.2) is 4.57 Å². The number of aliphatic carboxylic acids is 1. The molecule has 0 spiro atoms. The van der Waals surface area contributed by atoms with Crippen LogP contribution in [0.4, 0.5) is 0 Å². The molecule has 0 bridgehead atoms. The standard InChI is InChI=1S/C28H52NO10P/c1-3-5-7-8-9-10-11-12-13-14-15-16-17-18-20-27(31)39-24(21-36-26(30)19-6-4-2)22-37-40(34,35)38-23-25(29)28(32)33/h11-12,24-25H,3-10,13-23,29H2,1-2H3,(H,32,33)(H,34,35)/b12-11-. The molecule has 3 unspecified atom stereocenters. The lowest BCUT2D eigenvalue weighted by atomic mass is 10.1. The number of rotatable bonds is 27. The number of nitrogens with two attached hydrogens (primary N) is 1. The van der Waals surface area contributed by atoms with E-state index in [-0.39, 0.29) is 19.4 Å². The summed E-state index contributed by atoms with van der Waals surface area (Å²) in [4.78, 5) is 44.7. The van der Waals surface area contributed by atoms with E-state index >= 15 is 0 Å². The second-order valence-corrected chi connectivity index (χ2v) is 11.3. The first-order valence-electron chi connectivity index (χ1n) is 14.7. The van der Waals surface area contributed by atoms with Crippen LogP contribution in [0.25, 0.3) is 0 Å². The second kappa shape index (κ2) is 25.0. The fraction of sp³-hybridized carbons (Fsp3) is 0.821. The van der Waals surface area contributed by atoms with Crippen molar-refractivity contribution in [1.29, 1.82) is 0 Å². The highest BCUT2D eigenvalue weighted by Gasteiger charge is 2.28. The van der Waals surface area contributed by atoms with Crippen LogP contribution in [0.1, 0.15) is 117 Å². The van der Waals surface area contributed by atoms with Crippen molar-refractivity contribution >= 4 is 25.7 Å². The molecule has 0 aliphatic heterocycles. The minimum absolute atomic E-state index is 0.152. The summed E-state index contributed by atoms with van der Waals surface area (Å²) in [5.41, 5.74) is 5.25. The molecule has 234 valence electrons. The molecule has 4 N–H and O–H groups in total. The van der Waals surface area contributed by atoms with Crippen molar-refractivity contribution in [3.63, 3.8) is 0 Å². The number of phosphoric ester groups is 1. The number of hydrogen-bond acceptors (Lipinski definition) is 9. The summed E-state index contributed by atoms with van der Waals surface area (Å²) in [6.45, 7) is 2.45. The van der Waals surface area contributed by atoms with Crippen molar-refractivity contribution in [3.8, 4) is 0 Å². The van der Waals surface area contributed by atoms with Crippen molar-refractivity contribution in [1.82, 2.24) is 0 Å². The highest BCUT2D eigenvalue weighted by atomic mass is 31.2. The number of carboxylic acids is 1. The average Bonchev–Trinajstić information content (AvgIpc) is 2.92. The van der Waals surface area contributed by atoms with Crippen LogP contribution in [0.2, 0.25) is 0 Å². The molecule has 0 radical (unpaired) electrons. The van der Waals surface area contributed by atoms with E-state index in [2.05, 4.69) is 23.6 Å². The lowest BCUT2D eigenvalue weighted by Crippen LogP contribution is -2.34. The number of phosphoric acid groups is 1. The Hall–Kier alpha value is -1.78. The third-order valence-electron chi connectivity index (χ3n) is 6.01. The third-order valence-corrected chi connectivity index (χ3v) is 6.96. The molecule has 3 atom stereocenters. The highest BCUT2D eigenvalue weighted by molar-refractivity contribution is 7.47. The molecular formula is C28H52NO10P. The van der Waals surface area contributed by atoms with E-state index in [4.69, 9.17) is 24.8 Å².